The van der Waals surface area contributed by atoms with Gasteiger partial charge in [0.15, 0.2) is 0 Å². The van der Waals surface area contributed by atoms with Crippen LogP contribution in [0.3, 0.4) is 0 Å². The van der Waals surface area contributed by atoms with Gasteiger partial charge in [-0.25, -0.2) is 4.79 Å². The molecule has 220 valence electrons. The maximum absolute atomic E-state index is 13.7. The Hall–Kier alpha value is -2.88. The van der Waals surface area contributed by atoms with Gasteiger partial charge in [-0.3, -0.25) is 4.79 Å². The second-order valence-corrected chi connectivity index (χ2v) is 13.1. The molecule has 5 fully saturated rings. The van der Waals surface area contributed by atoms with Gasteiger partial charge in [0.2, 0.25) is 5.91 Å². The van der Waals surface area contributed by atoms with Crippen molar-refractivity contribution in [2.24, 2.45) is 23.2 Å². The highest BCUT2D eigenvalue weighted by atomic mass is 19.4. The molecule has 5 saturated carbocycles. The number of carbonyl (C=O) groups is 2. The first-order valence-electron chi connectivity index (χ1n) is 15.0. The second kappa shape index (κ2) is 9.85. The Morgan fingerprint density at radius 3 is 2.46 bits per heavy atom. The lowest BCUT2D eigenvalue weighted by Crippen LogP contribution is -2.30. The van der Waals surface area contributed by atoms with Gasteiger partial charge < -0.3 is 19.7 Å². The van der Waals surface area contributed by atoms with E-state index in [0.717, 1.165) is 67.7 Å². The minimum absolute atomic E-state index is 0.0375. The van der Waals surface area contributed by atoms with E-state index in [0.29, 0.717) is 36.3 Å². The molecular weight excluding hydrogens is 537 g/mol. The van der Waals surface area contributed by atoms with Gasteiger partial charge in [0, 0.05) is 23.3 Å². The minimum Gasteiger partial charge on any atom is -0.478 e. The smallest absolute Gasteiger partial charge is 0.418 e. The van der Waals surface area contributed by atoms with Gasteiger partial charge in [0.05, 0.1) is 35.2 Å². The number of nitrogens with one attached hydrogen (secondary N) is 1. The highest BCUT2D eigenvalue weighted by Gasteiger charge is 2.52. The summed E-state index contributed by atoms with van der Waals surface area (Å²) in [5, 5.41) is 16.2. The van der Waals surface area contributed by atoms with Crippen molar-refractivity contribution >= 4 is 17.6 Å². The fourth-order valence-corrected chi connectivity index (χ4v) is 7.95. The molecule has 1 amide bonds. The van der Waals surface area contributed by atoms with E-state index in [9.17, 15) is 22.8 Å². The van der Waals surface area contributed by atoms with Crippen LogP contribution in [0.4, 0.5) is 18.9 Å². The number of nitrogens with zero attached hydrogens (tertiary/aromatic N) is 1. The molecule has 41 heavy (non-hydrogen) atoms. The number of carboxylic acids is 1. The Morgan fingerprint density at radius 2 is 1.80 bits per heavy atom. The van der Waals surface area contributed by atoms with Crippen molar-refractivity contribution in [3.05, 3.63) is 46.3 Å². The number of benzene rings is 1. The number of anilines is 1. The highest BCUT2D eigenvalue weighted by Crippen LogP contribution is 2.59. The lowest BCUT2D eigenvalue weighted by Gasteiger charge is -2.28. The number of carbonyl (C=O) groups excluding carboxylic acids is 1. The SMILES string of the molecule is O=C(O)c1ccc(NC(=O)C2C3CCC2C(OCc2c(C4CCC5(CC4)CC5)noc2C2CC2)C3)c(C(F)(F)F)c1. The quantitative estimate of drug-likeness (QED) is 0.345. The number of carboxylic acid groups (broad SMARTS) is 1. The van der Waals surface area contributed by atoms with Crippen LogP contribution < -0.4 is 5.32 Å². The summed E-state index contributed by atoms with van der Waals surface area (Å²) in [7, 11) is 0. The van der Waals surface area contributed by atoms with Crippen LogP contribution >= 0.6 is 0 Å². The number of halogens is 3. The summed E-state index contributed by atoms with van der Waals surface area (Å²) >= 11 is 0. The molecule has 2 bridgehead atoms. The average molecular weight is 573 g/mol. The second-order valence-electron chi connectivity index (χ2n) is 13.1. The van der Waals surface area contributed by atoms with Crippen molar-refractivity contribution < 1.29 is 37.1 Å². The number of aromatic nitrogens is 1. The van der Waals surface area contributed by atoms with Gasteiger partial charge in [0.25, 0.3) is 0 Å². The van der Waals surface area contributed by atoms with Crippen LogP contribution in [-0.2, 0) is 22.3 Å². The van der Waals surface area contributed by atoms with Crippen molar-refractivity contribution in [3.63, 3.8) is 0 Å². The third-order valence-electron chi connectivity index (χ3n) is 10.6. The van der Waals surface area contributed by atoms with E-state index < -0.39 is 40.8 Å². The maximum atomic E-state index is 13.7. The molecule has 4 unspecified atom stereocenters. The lowest BCUT2D eigenvalue weighted by atomic mass is 9.77. The molecule has 4 atom stereocenters. The summed E-state index contributed by atoms with van der Waals surface area (Å²) in [5.41, 5.74) is 0.662. The fourth-order valence-electron chi connectivity index (χ4n) is 7.95. The van der Waals surface area contributed by atoms with E-state index in [1.165, 1.54) is 25.7 Å². The van der Waals surface area contributed by atoms with Crippen molar-refractivity contribution in [3.8, 4) is 0 Å². The molecule has 7 rings (SSSR count). The van der Waals surface area contributed by atoms with E-state index in [1.54, 1.807) is 0 Å². The number of amides is 1. The molecule has 10 heteroatoms. The molecule has 0 saturated heterocycles. The summed E-state index contributed by atoms with van der Waals surface area (Å²) in [5.74, 6) is -0.657. The highest BCUT2D eigenvalue weighted by molar-refractivity contribution is 5.95. The van der Waals surface area contributed by atoms with Gasteiger partial charge in [-0.05, 0) is 106 Å². The van der Waals surface area contributed by atoms with Gasteiger partial charge >= 0.3 is 12.1 Å². The summed E-state index contributed by atoms with van der Waals surface area (Å²) in [6, 6.07) is 2.67. The zero-order chi connectivity index (χ0) is 28.5. The zero-order valence-corrected chi connectivity index (χ0v) is 22.8. The van der Waals surface area contributed by atoms with E-state index in [-0.39, 0.29) is 17.9 Å². The van der Waals surface area contributed by atoms with Crippen LogP contribution in [0.25, 0.3) is 0 Å². The topological polar surface area (TPSA) is 102 Å². The fraction of sp³-hybridized carbons (Fsp3) is 0.645. The number of hydrogen-bond acceptors (Lipinski definition) is 5. The maximum Gasteiger partial charge on any atom is 0.418 e. The molecular formula is C31H35F3N2O5. The van der Waals surface area contributed by atoms with Crippen molar-refractivity contribution in [1.82, 2.24) is 5.16 Å². The Bertz CT molecular complexity index is 1350. The average Bonchev–Trinajstić information content (AvgIpc) is 3.81. The first kappa shape index (κ1) is 27.0. The Morgan fingerprint density at radius 1 is 1.05 bits per heavy atom. The van der Waals surface area contributed by atoms with Crippen LogP contribution in [0.1, 0.15) is 115 Å². The van der Waals surface area contributed by atoms with Crippen LogP contribution in [-0.4, -0.2) is 28.2 Å². The molecule has 2 N–H and O–H groups in total. The van der Waals surface area contributed by atoms with Crippen molar-refractivity contribution in [2.45, 2.75) is 101 Å². The van der Waals surface area contributed by atoms with Crippen molar-refractivity contribution in [1.29, 1.82) is 0 Å². The zero-order valence-electron chi connectivity index (χ0n) is 22.8. The molecule has 1 aromatic carbocycles. The van der Waals surface area contributed by atoms with Crippen LogP contribution in [0.5, 0.6) is 0 Å². The van der Waals surface area contributed by atoms with Crippen LogP contribution in [0.15, 0.2) is 22.7 Å². The molecule has 2 aromatic rings. The molecule has 0 radical (unpaired) electrons. The lowest BCUT2D eigenvalue weighted by molar-refractivity contribution is -0.137. The molecule has 0 aliphatic heterocycles. The Labute approximate surface area is 236 Å². The third-order valence-corrected chi connectivity index (χ3v) is 10.6. The molecule has 5 aliphatic carbocycles. The molecule has 1 aromatic heterocycles. The summed E-state index contributed by atoms with van der Waals surface area (Å²) in [6.07, 6.45) is 7.02. The number of fused-ring (bicyclic) bond motifs is 2. The normalized spacial score (nSPS) is 28.8. The molecule has 7 nitrogen and oxygen atoms in total. The first-order valence-corrected chi connectivity index (χ1v) is 15.0. The van der Waals surface area contributed by atoms with E-state index in [1.807, 2.05) is 0 Å². The molecule has 5 aliphatic rings. The Kier molecular flexibility index (Phi) is 6.48. The Balaban J connectivity index is 1.04. The monoisotopic (exact) mass is 572 g/mol. The number of ether oxygens (including phenoxy) is 1. The summed E-state index contributed by atoms with van der Waals surface area (Å²) < 4.78 is 53.5. The van der Waals surface area contributed by atoms with E-state index in [2.05, 4.69) is 10.5 Å². The minimum atomic E-state index is -4.80. The van der Waals surface area contributed by atoms with Gasteiger partial charge in [-0.15, -0.1) is 0 Å². The van der Waals surface area contributed by atoms with E-state index >= 15 is 0 Å². The number of rotatable bonds is 8. The molecule has 1 heterocycles. The van der Waals surface area contributed by atoms with Crippen LogP contribution in [0, 0.1) is 23.2 Å². The van der Waals surface area contributed by atoms with E-state index in [4.69, 9.17) is 14.4 Å². The first-order chi connectivity index (χ1) is 19.6. The van der Waals surface area contributed by atoms with Gasteiger partial charge in [0.1, 0.15) is 5.76 Å². The number of hydrogen-bond donors (Lipinski definition) is 2. The predicted octanol–water partition coefficient (Wildman–Crippen LogP) is 7.28. The van der Waals surface area contributed by atoms with Gasteiger partial charge in [-0.2, -0.15) is 13.2 Å². The number of aromatic carboxylic acids is 1. The predicted molar refractivity (Wildman–Crippen MR) is 141 cm³/mol. The van der Waals surface area contributed by atoms with Crippen molar-refractivity contribution in [2.75, 3.05) is 5.32 Å². The summed E-state index contributed by atoms with van der Waals surface area (Å²) in [4.78, 5) is 24.6. The van der Waals surface area contributed by atoms with Gasteiger partial charge in [-0.1, -0.05) is 5.16 Å². The van der Waals surface area contributed by atoms with Crippen LogP contribution in [0.2, 0.25) is 0 Å². The third kappa shape index (κ3) is 5.06. The number of alkyl halides is 3. The standard InChI is InChI=1S/C31H35F3N2O5/c32-31(33,34)22-13-19(29(38)39)4-6-23(22)35-28(37)25-18-3-5-20(25)24(14-18)40-15-21-26(36-41-27(21)17-1-2-17)16-7-9-30(10-8-16)11-12-30/h4,6,13,16-18,20,24-25H,1-3,5,7-12,14-15H2,(H,35,37)(H,38,39). The molecule has 1 spiro atoms. The largest absolute Gasteiger partial charge is 0.478 e. The summed E-state index contributed by atoms with van der Waals surface area (Å²) in [6.45, 7) is 0.392.